The molecule has 5 heteroatoms. The quantitative estimate of drug-likeness (QED) is 0.820. The van der Waals surface area contributed by atoms with Gasteiger partial charge in [-0.05, 0) is 37.6 Å². The maximum absolute atomic E-state index is 13.3. The lowest BCUT2D eigenvalue weighted by atomic mass is 10.1. The molecule has 1 aliphatic heterocycles. The number of rotatable bonds is 4. The Balaban J connectivity index is 1.90. The van der Waals surface area contributed by atoms with E-state index < -0.39 is 5.92 Å². The van der Waals surface area contributed by atoms with Crippen molar-refractivity contribution in [3.05, 3.63) is 30.5 Å². The Morgan fingerprint density at radius 3 is 2.70 bits per heavy atom. The minimum absolute atomic E-state index is 0.0890. The van der Waals surface area contributed by atoms with Crippen LogP contribution in [0.2, 0.25) is 0 Å². The van der Waals surface area contributed by atoms with Gasteiger partial charge >= 0.3 is 0 Å². The molecule has 1 aromatic heterocycles. The van der Waals surface area contributed by atoms with Crippen molar-refractivity contribution in [2.45, 2.75) is 45.1 Å². The average Bonchev–Trinajstić information content (AvgIpc) is 2.54. The van der Waals surface area contributed by atoms with Gasteiger partial charge in [-0.3, -0.25) is 4.98 Å². The summed E-state index contributed by atoms with van der Waals surface area (Å²) in [6.07, 6.45) is 2.60. The van der Waals surface area contributed by atoms with E-state index in [0.717, 1.165) is 28.8 Å². The van der Waals surface area contributed by atoms with Gasteiger partial charge in [0.1, 0.15) is 5.75 Å². The molecule has 0 bridgehead atoms. The van der Waals surface area contributed by atoms with Crippen molar-refractivity contribution in [2.24, 2.45) is 0 Å². The van der Waals surface area contributed by atoms with E-state index in [-0.39, 0.29) is 18.9 Å². The summed E-state index contributed by atoms with van der Waals surface area (Å²) in [5, 5.41) is 0.933. The maximum Gasteiger partial charge on any atom is 0.251 e. The lowest BCUT2D eigenvalue weighted by molar-refractivity contribution is -0.0220. The summed E-state index contributed by atoms with van der Waals surface area (Å²) < 4.78 is 32.6. The van der Waals surface area contributed by atoms with Gasteiger partial charge in [0.15, 0.2) is 0 Å². The summed E-state index contributed by atoms with van der Waals surface area (Å²) in [6.45, 7) is 4.86. The molecule has 2 aromatic rings. The minimum Gasteiger partial charge on any atom is -0.490 e. The molecule has 1 atom stereocenters. The molecule has 1 fully saturated rings. The van der Waals surface area contributed by atoms with Crippen LogP contribution in [0.1, 0.15) is 33.1 Å². The molecule has 1 saturated heterocycles. The Hall–Kier alpha value is -1.91. The van der Waals surface area contributed by atoms with Crippen LogP contribution in [0.5, 0.6) is 5.75 Å². The van der Waals surface area contributed by atoms with Crippen molar-refractivity contribution in [1.82, 2.24) is 4.98 Å². The van der Waals surface area contributed by atoms with Crippen LogP contribution in [0, 0.1) is 0 Å². The molecule has 0 amide bonds. The SMILES string of the molecule is CCC(C)Oc1ccnc2ccc(N3CCC(F)(F)CC3)cc12. The molecule has 0 radical (unpaired) electrons. The van der Waals surface area contributed by atoms with Crippen LogP contribution in [0.4, 0.5) is 14.5 Å². The number of hydrogen-bond acceptors (Lipinski definition) is 3. The summed E-state index contributed by atoms with van der Waals surface area (Å²) in [5.74, 6) is -1.73. The normalized spacial score (nSPS) is 18.9. The second kappa shape index (κ2) is 6.30. The third-order valence-corrected chi connectivity index (χ3v) is 4.45. The Morgan fingerprint density at radius 1 is 1.26 bits per heavy atom. The molecular formula is C18H22F2N2O. The van der Waals surface area contributed by atoms with Gasteiger partial charge in [-0.2, -0.15) is 0 Å². The summed E-state index contributed by atoms with van der Waals surface area (Å²) in [4.78, 5) is 6.38. The Labute approximate surface area is 135 Å². The summed E-state index contributed by atoms with van der Waals surface area (Å²) in [7, 11) is 0. The molecule has 0 saturated carbocycles. The number of nitrogens with zero attached hydrogens (tertiary/aromatic N) is 2. The fraction of sp³-hybridized carbons (Fsp3) is 0.500. The average molecular weight is 320 g/mol. The van der Waals surface area contributed by atoms with Gasteiger partial charge in [-0.25, -0.2) is 8.78 Å². The summed E-state index contributed by atoms with van der Waals surface area (Å²) in [6, 6.07) is 7.75. The number of ether oxygens (including phenoxy) is 1. The first-order chi connectivity index (χ1) is 11.0. The molecule has 1 aliphatic rings. The summed E-state index contributed by atoms with van der Waals surface area (Å²) >= 11 is 0. The summed E-state index contributed by atoms with van der Waals surface area (Å²) in [5.41, 5.74) is 1.81. The maximum atomic E-state index is 13.3. The highest BCUT2D eigenvalue weighted by Gasteiger charge is 2.34. The zero-order valence-electron chi connectivity index (χ0n) is 13.6. The first-order valence-electron chi connectivity index (χ1n) is 8.17. The van der Waals surface area contributed by atoms with Crippen molar-refractivity contribution in [3.8, 4) is 5.75 Å². The van der Waals surface area contributed by atoms with E-state index in [1.165, 1.54) is 0 Å². The molecule has 1 aromatic carbocycles. The van der Waals surface area contributed by atoms with Gasteiger partial charge in [0, 0.05) is 43.2 Å². The monoisotopic (exact) mass is 320 g/mol. The predicted octanol–water partition coefficient (Wildman–Crippen LogP) is 4.65. The van der Waals surface area contributed by atoms with Gasteiger partial charge in [-0.15, -0.1) is 0 Å². The smallest absolute Gasteiger partial charge is 0.251 e. The van der Waals surface area contributed by atoms with E-state index in [1.54, 1.807) is 6.20 Å². The van der Waals surface area contributed by atoms with Crippen LogP contribution in [0.3, 0.4) is 0 Å². The number of pyridine rings is 1. The molecule has 23 heavy (non-hydrogen) atoms. The van der Waals surface area contributed by atoms with Crippen LogP contribution in [0.15, 0.2) is 30.5 Å². The number of hydrogen-bond donors (Lipinski definition) is 0. The van der Waals surface area contributed by atoms with Crippen molar-refractivity contribution in [3.63, 3.8) is 0 Å². The van der Waals surface area contributed by atoms with Crippen molar-refractivity contribution in [2.75, 3.05) is 18.0 Å². The van der Waals surface area contributed by atoms with Gasteiger partial charge < -0.3 is 9.64 Å². The number of fused-ring (bicyclic) bond motifs is 1. The molecule has 3 nitrogen and oxygen atoms in total. The fourth-order valence-corrected chi connectivity index (χ4v) is 2.80. The molecule has 0 N–H and O–H groups in total. The Morgan fingerprint density at radius 2 is 2.00 bits per heavy atom. The number of anilines is 1. The molecule has 0 spiro atoms. The molecule has 1 unspecified atom stereocenters. The van der Waals surface area contributed by atoms with E-state index in [1.807, 2.05) is 36.1 Å². The van der Waals surface area contributed by atoms with Crippen molar-refractivity contribution >= 4 is 16.6 Å². The number of benzene rings is 1. The third-order valence-electron chi connectivity index (χ3n) is 4.45. The fourth-order valence-electron chi connectivity index (χ4n) is 2.80. The van der Waals surface area contributed by atoms with Gasteiger partial charge in [0.25, 0.3) is 5.92 Å². The van der Waals surface area contributed by atoms with E-state index >= 15 is 0 Å². The number of alkyl halides is 2. The largest absolute Gasteiger partial charge is 0.490 e. The third kappa shape index (κ3) is 3.54. The lowest BCUT2D eigenvalue weighted by Gasteiger charge is -2.33. The number of aromatic nitrogens is 1. The van der Waals surface area contributed by atoms with Crippen LogP contribution >= 0.6 is 0 Å². The minimum atomic E-state index is -2.53. The first-order valence-corrected chi connectivity index (χ1v) is 8.17. The van der Waals surface area contributed by atoms with E-state index in [4.69, 9.17) is 4.74 Å². The zero-order valence-corrected chi connectivity index (χ0v) is 13.6. The van der Waals surface area contributed by atoms with Gasteiger partial charge in [-0.1, -0.05) is 6.92 Å². The van der Waals surface area contributed by atoms with E-state index in [0.29, 0.717) is 13.1 Å². The first kappa shape index (κ1) is 16.0. The zero-order chi connectivity index (χ0) is 16.4. The molecule has 3 rings (SSSR count). The van der Waals surface area contributed by atoms with Gasteiger partial charge in [0.05, 0.1) is 11.6 Å². The standard InChI is InChI=1S/C18H22F2N2O/c1-3-13(2)23-17-6-9-21-16-5-4-14(12-15(16)17)22-10-7-18(19,20)8-11-22/h4-6,9,12-13H,3,7-8,10-11H2,1-2H3. The van der Waals surface area contributed by atoms with Gasteiger partial charge in [0.2, 0.25) is 0 Å². The highest BCUT2D eigenvalue weighted by atomic mass is 19.3. The lowest BCUT2D eigenvalue weighted by Crippen LogP contribution is -2.39. The van der Waals surface area contributed by atoms with Crippen LogP contribution in [-0.2, 0) is 0 Å². The topological polar surface area (TPSA) is 25.4 Å². The predicted molar refractivity (Wildman–Crippen MR) is 88.5 cm³/mol. The Bertz CT molecular complexity index is 680. The Kier molecular flexibility index (Phi) is 4.37. The molecule has 0 aliphatic carbocycles. The second-order valence-corrected chi connectivity index (χ2v) is 6.19. The molecule has 2 heterocycles. The van der Waals surface area contributed by atoms with Crippen molar-refractivity contribution in [1.29, 1.82) is 0 Å². The van der Waals surface area contributed by atoms with E-state index in [2.05, 4.69) is 11.9 Å². The number of halogens is 2. The van der Waals surface area contributed by atoms with Crippen LogP contribution in [-0.4, -0.2) is 30.1 Å². The highest BCUT2D eigenvalue weighted by molar-refractivity contribution is 5.88. The number of piperidine rings is 1. The van der Waals surface area contributed by atoms with Crippen molar-refractivity contribution < 1.29 is 13.5 Å². The van der Waals surface area contributed by atoms with Crippen LogP contribution < -0.4 is 9.64 Å². The van der Waals surface area contributed by atoms with Crippen LogP contribution in [0.25, 0.3) is 10.9 Å². The highest BCUT2D eigenvalue weighted by Crippen LogP contribution is 2.33. The molecular weight excluding hydrogens is 298 g/mol. The second-order valence-electron chi connectivity index (χ2n) is 6.19. The van der Waals surface area contributed by atoms with E-state index in [9.17, 15) is 8.78 Å². The molecule has 124 valence electrons.